The smallest absolute Gasteiger partial charge is 0.401 e. The second-order valence-corrected chi connectivity index (χ2v) is 5.33. The number of anilines is 1. The molecule has 1 aromatic carbocycles. The normalized spacial score (nSPS) is 17.4. The van der Waals surface area contributed by atoms with Gasteiger partial charge in [-0.25, -0.2) is 0 Å². The third-order valence-electron chi connectivity index (χ3n) is 3.50. The third-order valence-corrected chi connectivity index (χ3v) is 3.50. The molecule has 0 atom stereocenters. The zero-order valence-corrected chi connectivity index (χ0v) is 11.9. The second-order valence-electron chi connectivity index (χ2n) is 5.33. The molecule has 8 heteroatoms. The van der Waals surface area contributed by atoms with Gasteiger partial charge in [-0.2, -0.15) is 13.2 Å². The quantitative estimate of drug-likeness (QED) is 0.829. The summed E-state index contributed by atoms with van der Waals surface area (Å²) < 4.78 is 42.7. The predicted molar refractivity (Wildman–Crippen MR) is 75.5 cm³/mol. The fraction of sp³-hybridized carbons (Fsp3) is 0.500. The van der Waals surface area contributed by atoms with Gasteiger partial charge in [0.1, 0.15) is 11.9 Å². The first-order valence-corrected chi connectivity index (χ1v) is 6.90. The minimum absolute atomic E-state index is 0.215. The maximum absolute atomic E-state index is 12.3. The Kier molecular flexibility index (Phi) is 4.80. The minimum atomic E-state index is -4.19. The van der Waals surface area contributed by atoms with Crippen molar-refractivity contribution in [3.05, 3.63) is 23.8 Å². The summed E-state index contributed by atoms with van der Waals surface area (Å²) in [5.74, 6) is -0.355. The fourth-order valence-electron chi connectivity index (χ4n) is 2.46. The van der Waals surface area contributed by atoms with E-state index in [9.17, 15) is 18.0 Å². The molecule has 5 nitrogen and oxygen atoms in total. The van der Waals surface area contributed by atoms with Crippen LogP contribution in [-0.4, -0.2) is 42.7 Å². The number of nitrogens with zero attached hydrogens (tertiary/aromatic N) is 1. The maximum Gasteiger partial charge on any atom is 0.401 e. The van der Waals surface area contributed by atoms with E-state index in [1.165, 1.54) is 17.0 Å². The van der Waals surface area contributed by atoms with E-state index in [0.717, 1.165) is 0 Å². The highest BCUT2D eigenvalue weighted by atomic mass is 19.4. The van der Waals surface area contributed by atoms with E-state index < -0.39 is 18.6 Å². The van der Waals surface area contributed by atoms with E-state index in [0.29, 0.717) is 31.6 Å². The molecule has 122 valence electrons. The first kappa shape index (κ1) is 16.4. The highest BCUT2D eigenvalue weighted by molar-refractivity contribution is 5.96. The Bertz CT molecular complexity index is 541. The average molecular weight is 317 g/mol. The predicted octanol–water partition coefficient (Wildman–Crippen LogP) is 1.77. The molecule has 0 aliphatic carbocycles. The van der Waals surface area contributed by atoms with Gasteiger partial charge in [0.15, 0.2) is 0 Å². The lowest BCUT2D eigenvalue weighted by molar-refractivity contribution is -0.149. The largest absolute Gasteiger partial charge is 0.489 e. The Labute approximate surface area is 126 Å². The van der Waals surface area contributed by atoms with Gasteiger partial charge in [-0.1, -0.05) is 0 Å². The van der Waals surface area contributed by atoms with Gasteiger partial charge >= 0.3 is 6.18 Å². The zero-order valence-electron chi connectivity index (χ0n) is 11.9. The van der Waals surface area contributed by atoms with Gasteiger partial charge in [-0.15, -0.1) is 0 Å². The summed E-state index contributed by atoms with van der Waals surface area (Å²) in [5.41, 5.74) is 11.6. The zero-order chi connectivity index (χ0) is 16.3. The number of halogens is 3. The van der Waals surface area contributed by atoms with Crippen LogP contribution in [0.25, 0.3) is 0 Å². The van der Waals surface area contributed by atoms with Crippen molar-refractivity contribution < 1.29 is 22.7 Å². The Morgan fingerprint density at radius 2 is 1.95 bits per heavy atom. The topological polar surface area (TPSA) is 81.6 Å². The van der Waals surface area contributed by atoms with Crippen LogP contribution in [-0.2, 0) is 0 Å². The molecular weight excluding hydrogens is 299 g/mol. The number of carbonyl (C=O) groups is 1. The van der Waals surface area contributed by atoms with Crippen LogP contribution in [0.5, 0.6) is 5.75 Å². The van der Waals surface area contributed by atoms with Gasteiger partial charge in [0.25, 0.3) is 5.91 Å². The minimum Gasteiger partial charge on any atom is -0.489 e. The molecule has 0 bridgehead atoms. The summed E-state index contributed by atoms with van der Waals surface area (Å²) in [5, 5.41) is 0. The van der Waals surface area contributed by atoms with Gasteiger partial charge < -0.3 is 16.2 Å². The fourth-order valence-corrected chi connectivity index (χ4v) is 2.46. The number of nitrogen functional groups attached to an aromatic ring is 1. The van der Waals surface area contributed by atoms with E-state index in [2.05, 4.69) is 0 Å². The molecule has 1 saturated heterocycles. The molecule has 1 aromatic rings. The molecule has 1 heterocycles. The number of alkyl halides is 3. The SMILES string of the molecule is NC(=O)c1ccc(N)cc1OC1CCN(CC(F)(F)F)CC1. The molecule has 0 unspecified atom stereocenters. The van der Waals surface area contributed by atoms with E-state index in [1.807, 2.05) is 0 Å². The summed E-state index contributed by atoms with van der Waals surface area (Å²) in [4.78, 5) is 12.7. The molecule has 1 amide bonds. The van der Waals surface area contributed by atoms with Crippen molar-refractivity contribution in [3.63, 3.8) is 0 Å². The molecule has 0 aromatic heterocycles. The van der Waals surface area contributed by atoms with Crippen LogP contribution < -0.4 is 16.2 Å². The van der Waals surface area contributed by atoms with Crippen molar-refractivity contribution in [2.75, 3.05) is 25.4 Å². The number of amides is 1. The Morgan fingerprint density at radius 3 is 2.50 bits per heavy atom. The lowest BCUT2D eigenvalue weighted by Gasteiger charge is -2.32. The van der Waals surface area contributed by atoms with Crippen LogP contribution in [0.1, 0.15) is 23.2 Å². The van der Waals surface area contributed by atoms with E-state index in [4.69, 9.17) is 16.2 Å². The number of piperidine rings is 1. The van der Waals surface area contributed by atoms with Gasteiger partial charge in [0.2, 0.25) is 0 Å². The maximum atomic E-state index is 12.3. The number of likely N-dealkylation sites (tertiary alicyclic amines) is 1. The summed E-state index contributed by atoms with van der Waals surface area (Å²) in [6.45, 7) is -0.332. The number of nitrogens with two attached hydrogens (primary N) is 2. The Hall–Kier alpha value is -1.96. The molecule has 0 radical (unpaired) electrons. The Balaban J connectivity index is 1.96. The van der Waals surface area contributed by atoms with Gasteiger partial charge in [0.05, 0.1) is 12.1 Å². The number of ether oxygens (including phenoxy) is 1. The number of carbonyl (C=O) groups excluding carboxylic acids is 1. The number of hydrogen-bond donors (Lipinski definition) is 2. The monoisotopic (exact) mass is 317 g/mol. The van der Waals surface area contributed by atoms with Crippen molar-refractivity contribution in [2.24, 2.45) is 5.73 Å². The van der Waals surface area contributed by atoms with Gasteiger partial charge in [-0.05, 0) is 25.0 Å². The molecule has 22 heavy (non-hydrogen) atoms. The summed E-state index contributed by atoms with van der Waals surface area (Å²) >= 11 is 0. The van der Waals surface area contributed by atoms with Gasteiger partial charge in [-0.3, -0.25) is 9.69 Å². The van der Waals surface area contributed by atoms with E-state index >= 15 is 0 Å². The first-order valence-electron chi connectivity index (χ1n) is 6.90. The molecule has 1 fully saturated rings. The Morgan fingerprint density at radius 1 is 1.32 bits per heavy atom. The molecule has 4 N–H and O–H groups in total. The van der Waals surface area contributed by atoms with Crippen molar-refractivity contribution in [2.45, 2.75) is 25.1 Å². The second kappa shape index (κ2) is 6.43. The molecule has 1 aliphatic heterocycles. The molecular formula is C14H18F3N3O2. The van der Waals surface area contributed by atoms with Crippen LogP contribution in [0.4, 0.5) is 18.9 Å². The number of hydrogen-bond acceptors (Lipinski definition) is 4. The highest BCUT2D eigenvalue weighted by Gasteiger charge is 2.33. The molecule has 2 rings (SSSR count). The van der Waals surface area contributed by atoms with Crippen molar-refractivity contribution in [1.82, 2.24) is 4.90 Å². The lowest BCUT2D eigenvalue weighted by Crippen LogP contribution is -2.42. The first-order chi connectivity index (χ1) is 10.2. The van der Waals surface area contributed by atoms with Crippen LogP contribution >= 0.6 is 0 Å². The number of primary amides is 1. The van der Waals surface area contributed by atoms with Crippen LogP contribution in [0, 0.1) is 0 Å². The van der Waals surface area contributed by atoms with E-state index in [1.54, 1.807) is 6.07 Å². The summed E-state index contributed by atoms with van der Waals surface area (Å²) in [6.07, 6.45) is -3.56. The summed E-state index contributed by atoms with van der Waals surface area (Å²) in [6, 6.07) is 4.52. The molecule has 0 saturated carbocycles. The molecule has 1 aliphatic rings. The standard InChI is InChI=1S/C14H18F3N3O2/c15-14(16,17)8-20-5-3-10(4-6-20)22-12-7-9(18)1-2-11(12)13(19)21/h1-2,7,10H,3-6,8,18H2,(H2,19,21). The van der Waals surface area contributed by atoms with Crippen molar-refractivity contribution >= 4 is 11.6 Å². The highest BCUT2D eigenvalue weighted by Crippen LogP contribution is 2.26. The van der Waals surface area contributed by atoms with Crippen molar-refractivity contribution in [3.8, 4) is 5.75 Å². The summed E-state index contributed by atoms with van der Waals surface area (Å²) in [7, 11) is 0. The van der Waals surface area contributed by atoms with Crippen LogP contribution in [0.3, 0.4) is 0 Å². The average Bonchev–Trinajstić information content (AvgIpc) is 2.39. The number of benzene rings is 1. The lowest BCUT2D eigenvalue weighted by atomic mass is 10.1. The van der Waals surface area contributed by atoms with E-state index in [-0.39, 0.29) is 17.4 Å². The van der Waals surface area contributed by atoms with Gasteiger partial charge in [0, 0.05) is 24.8 Å². The van der Waals surface area contributed by atoms with Crippen molar-refractivity contribution in [1.29, 1.82) is 0 Å². The number of rotatable bonds is 4. The third kappa shape index (κ3) is 4.52. The van der Waals surface area contributed by atoms with Crippen LogP contribution in [0.15, 0.2) is 18.2 Å². The molecule has 0 spiro atoms. The van der Waals surface area contributed by atoms with Crippen LogP contribution in [0.2, 0.25) is 0 Å².